The van der Waals surface area contributed by atoms with Crippen molar-refractivity contribution >= 4 is 22.7 Å². The third-order valence-corrected chi connectivity index (χ3v) is 4.25. The Morgan fingerprint density at radius 2 is 0.950 bits per heavy atom. The Morgan fingerprint density at radius 3 is 1.20 bits per heavy atom. The fraction of sp³-hybridized carbons (Fsp3) is 0. The summed E-state index contributed by atoms with van der Waals surface area (Å²) < 4.78 is 56.3. The third-order valence-electron chi connectivity index (χ3n) is 2.88. The lowest BCUT2D eigenvalue weighted by atomic mass is 10.0. The van der Waals surface area contributed by atoms with Crippen LogP contribution in [0.25, 0.3) is 22.3 Å². The van der Waals surface area contributed by atoms with Gasteiger partial charge in [-0.2, -0.15) is 22.7 Å². The Kier molecular flexibility index (Phi) is 3.35. The van der Waals surface area contributed by atoms with E-state index in [0.717, 1.165) is 0 Å². The third kappa shape index (κ3) is 1.96. The molecule has 1 aromatic carbocycles. The first-order valence-corrected chi connectivity index (χ1v) is 7.41. The Balaban J connectivity index is 2.33. The number of benzene rings is 1. The largest absolute Gasteiger partial charge is 0.203 e. The molecule has 0 aliphatic carbocycles. The van der Waals surface area contributed by atoms with Crippen LogP contribution in [0.1, 0.15) is 0 Å². The average molecular weight is 314 g/mol. The summed E-state index contributed by atoms with van der Waals surface area (Å²) in [4.78, 5) is 0. The van der Waals surface area contributed by atoms with Crippen molar-refractivity contribution < 1.29 is 17.6 Å². The maximum atomic E-state index is 14.1. The van der Waals surface area contributed by atoms with Crippen molar-refractivity contribution in [3.05, 3.63) is 56.9 Å². The number of rotatable bonds is 2. The molecule has 0 fully saturated rings. The first-order chi connectivity index (χ1) is 9.61. The van der Waals surface area contributed by atoms with Gasteiger partial charge < -0.3 is 0 Å². The van der Waals surface area contributed by atoms with Crippen LogP contribution in [0.3, 0.4) is 0 Å². The number of halogens is 4. The summed E-state index contributed by atoms with van der Waals surface area (Å²) >= 11 is 2.38. The topological polar surface area (TPSA) is 0 Å². The molecule has 0 N–H and O–H groups in total. The lowest BCUT2D eigenvalue weighted by Gasteiger charge is -2.10. The minimum Gasteiger partial charge on any atom is -0.203 e. The molecule has 0 atom stereocenters. The summed E-state index contributed by atoms with van der Waals surface area (Å²) in [5.41, 5.74) is -1.08. The zero-order chi connectivity index (χ0) is 14.3. The minimum atomic E-state index is -1.37. The summed E-state index contributed by atoms with van der Waals surface area (Å²) in [7, 11) is 0. The first kappa shape index (κ1) is 13.3. The molecule has 0 radical (unpaired) electrons. The summed E-state index contributed by atoms with van der Waals surface area (Å²) in [6.45, 7) is 0. The molecule has 0 bridgehead atoms. The minimum absolute atomic E-state index is 0.125. The van der Waals surface area contributed by atoms with Crippen LogP contribution in [0.4, 0.5) is 17.6 Å². The van der Waals surface area contributed by atoms with E-state index < -0.39 is 34.4 Å². The van der Waals surface area contributed by atoms with Gasteiger partial charge in [0.1, 0.15) is 0 Å². The molecule has 3 rings (SSSR count). The Labute approximate surface area is 119 Å². The van der Waals surface area contributed by atoms with Gasteiger partial charge in [-0.3, -0.25) is 0 Å². The predicted octanol–water partition coefficient (Wildman–Crippen LogP) is 5.70. The molecule has 3 aromatic rings. The van der Waals surface area contributed by atoms with Crippen molar-refractivity contribution in [2.45, 2.75) is 0 Å². The summed E-state index contributed by atoms with van der Waals surface area (Å²) in [6, 6.07) is 2.82. The average Bonchev–Trinajstić information content (AvgIpc) is 3.10. The normalized spacial score (nSPS) is 11.0. The summed E-state index contributed by atoms with van der Waals surface area (Å²) in [6.07, 6.45) is 0. The van der Waals surface area contributed by atoms with E-state index in [1.807, 2.05) is 0 Å². The van der Waals surface area contributed by atoms with Crippen LogP contribution in [0.5, 0.6) is 0 Å². The highest BCUT2D eigenvalue weighted by Gasteiger charge is 2.27. The van der Waals surface area contributed by atoms with Gasteiger partial charge in [-0.15, -0.1) is 0 Å². The highest BCUT2D eigenvalue weighted by molar-refractivity contribution is 7.08. The molecule has 0 amide bonds. The van der Waals surface area contributed by atoms with Gasteiger partial charge in [0, 0.05) is 0 Å². The maximum Gasteiger partial charge on any atom is 0.170 e. The van der Waals surface area contributed by atoms with E-state index in [-0.39, 0.29) is 11.1 Å². The molecule has 0 saturated carbocycles. The van der Waals surface area contributed by atoms with E-state index in [1.54, 1.807) is 10.8 Å². The zero-order valence-electron chi connectivity index (χ0n) is 9.79. The van der Waals surface area contributed by atoms with Crippen molar-refractivity contribution in [3.8, 4) is 22.3 Å². The van der Waals surface area contributed by atoms with Gasteiger partial charge in [-0.25, -0.2) is 17.6 Å². The van der Waals surface area contributed by atoms with E-state index in [1.165, 1.54) is 45.6 Å². The Bertz CT molecular complexity index is 652. The Morgan fingerprint density at radius 1 is 0.600 bits per heavy atom. The number of thiophene rings is 2. The second kappa shape index (κ2) is 5.03. The maximum absolute atomic E-state index is 14.1. The molecular formula is C14H6F4S2. The first-order valence-electron chi connectivity index (χ1n) is 5.52. The fourth-order valence-electron chi connectivity index (χ4n) is 1.95. The lowest BCUT2D eigenvalue weighted by Crippen LogP contribution is -2.02. The van der Waals surface area contributed by atoms with E-state index in [0.29, 0.717) is 0 Å². The molecule has 0 saturated heterocycles. The van der Waals surface area contributed by atoms with Gasteiger partial charge in [-0.1, -0.05) is 0 Å². The quantitative estimate of drug-likeness (QED) is 0.420. The van der Waals surface area contributed by atoms with Crippen molar-refractivity contribution in [1.29, 1.82) is 0 Å². The van der Waals surface area contributed by atoms with Crippen LogP contribution < -0.4 is 0 Å². The van der Waals surface area contributed by atoms with E-state index in [9.17, 15) is 17.6 Å². The highest BCUT2D eigenvalue weighted by atomic mass is 32.1. The van der Waals surface area contributed by atoms with Gasteiger partial charge in [0.25, 0.3) is 0 Å². The van der Waals surface area contributed by atoms with Crippen molar-refractivity contribution in [3.63, 3.8) is 0 Å². The molecule has 0 aliphatic heterocycles. The molecule has 2 aromatic heterocycles. The molecular weight excluding hydrogens is 308 g/mol. The smallest absolute Gasteiger partial charge is 0.170 e. The lowest BCUT2D eigenvalue weighted by molar-refractivity contribution is 0.463. The van der Waals surface area contributed by atoms with Gasteiger partial charge in [-0.05, 0) is 44.8 Å². The second-order valence-corrected chi connectivity index (χ2v) is 5.59. The van der Waals surface area contributed by atoms with Crippen LogP contribution in [-0.4, -0.2) is 0 Å². The Hall–Kier alpha value is -1.66. The SMILES string of the molecule is Fc1c(F)c(-c2ccsc2)c(F)c(F)c1-c1ccsc1. The molecule has 102 valence electrons. The summed E-state index contributed by atoms with van der Waals surface area (Å²) in [5, 5.41) is 6.03. The molecule has 20 heavy (non-hydrogen) atoms. The molecule has 0 aliphatic rings. The monoisotopic (exact) mass is 314 g/mol. The predicted molar refractivity (Wildman–Crippen MR) is 72.9 cm³/mol. The van der Waals surface area contributed by atoms with Gasteiger partial charge in [0.05, 0.1) is 11.1 Å². The van der Waals surface area contributed by atoms with E-state index in [4.69, 9.17) is 0 Å². The summed E-state index contributed by atoms with van der Waals surface area (Å²) in [5.74, 6) is -5.49. The second-order valence-electron chi connectivity index (χ2n) is 4.03. The van der Waals surface area contributed by atoms with Gasteiger partial charge in [0.2, 0.25) is 0 Å². The van der Waals surface area contributed by atoms with Crippen molar-refractivity contribution in [2.75, 3.05) is 0 Å². The standard InChI is InChI=1S/C14H6F4S2/c15-11-9(7-1-3-19-5-7)12(16)14(18)10(13(11)17)8-2-4-20-6-8/h1-6H. The van der Waals surface area contributed by atoms with Crippen LogP contribution in [0, 0.1) is 23.3 Å². The molecule has 0 unspecified atom stereocenters. The van der Waals surface area contributed by atoms with E-state index >= 15 is 0 Å². The van der Waals surface area contributed by atoms with Crippen LogP contribution >= 0.6 is 22.7 Å². The van der Waals surface area contributed by atoms with Gasteiger partial charge >= 0.3 is 0 Å². The fourth-order valence-corrected chi connectivity index (χ4v) is 3.25. The molecule has 0 nitrogen and oxygen atoms in total. The van der Waals surface area contributed by atoms with Crippen LogP contribution in [0.15, 0.2) is 33.7 Å². The van der Waals surface area contributed by atoms with Crippen molar-refractivity contribution in [1.82, 2.24) is 0 Å². The zero-order valence-corrected chi connectivity index (χ0v) is 11.4. The molecule has 0 spiro atoms. The van der Waals surface area contributed by atoms with Crippen LogP contribution in [-0.2, 0) is 0 Å². The van der Waals surface area contributed by atoms with E-state index in [2.05, 4.69) is 0 Å². The van der Waals surface area contributed by atoms with Crippen molar-refractivity contribution in [2.24, 2.45) is 0 Å². The van der Waals surface area contributed by atoms with Gasteiger partial charge in [0.15, 0.2) is 23.3 Å². The highest BCUT2D eigenvalue weighted by Crippen LogP contribution is 2.37. The number of hydrogen-bond donors (Lipinski definition) is 0. The molecule has 6 heteroatoms. The van der Waals surface area contributed by atoms with Crippen LogP contribution in [0.2, 0.25) is 0 Å². The number of hydrogen-bond acceptors (Lipinski definition) is 2. The molecule has 2 heterocycles.